The van der Waals surface area contributed by atoms with Crippen molar-refractivity contribution in [3.05, 3.63) is 74.8 Å². The van der Waals surface area contributed by atoms with Crippen molar-refractivity contribution < 1.29 is 19.4 Å². The maximum atomic E-state index is 11.2. The minimum absolute atomic E-state index is 0.0353. The molecule has 7 nitrogen and oxygen atoms in total. The van der Waals surface area contributed by atoms with Crippen LogP contribution in [0.15, 0.2) is 47.8 Å². The second-order valence-corrected chi connectivity index (χ2v) is 6.87. The lowest BCUT2D eigenvalue weighted by Crippen LogP contribution is -2.17. The Morgan fingerprint density at radius 2 is 1.93 bits per heavy atom. The summed E-state index contributed by atoms with van der Waals surface area (Å²) < 4.78 is 10.7. The molecule has 0 bridgehead atoms. The standard InChI is InChI=1S/C19H19N3O4S/c1-25-15-6-3-12(4-7-15)16(17-11-27-19(20)21-17)10-13-9-14(22(23)24)5-8-18(13)26-2/h3-9,11,16H,10H2,1-2H3,(H2,20,21)/p+1. The molecule has 3 N–H and O–H groups in total. The number of nitrogen functional groups attached to an aromatic ring is 1. The SMILES string of the molecule is COc1ccc(C(Cc2cc([N+](=O)[O-])ccc2OC)c2csc(N)[nH+]2)cc1. The zero-order chi connectivity index (χ0) is 19.4. The number of thiazole rings is 1. The summed E-state index contributed by atoms with van der Waals surface area (Å²) in [6, 6.07) is 12.4. The van der Waals surface area contributed by atoms with Gasteiger partial charge in [-0.15, -0.1) is 0 Å². The number of nitro benzene ring substituents is 1. The van der Waals surface area contributed by atoms with Crippen LogP contribution in [-0.4, -0.2) is 19.1 Å². The number of nitrogens with zero attached hydrogens (tertiary/aromatic N) is 1. The summed E-state index contributed by atoms with van der Waals surface area (Å²) in [6.45, 7) is 0. The molecule has 1 aromatic heterocycles. The maximum absolute atomic E-state index is 11.2. The highest BCUT2D eigenvalue weighted by Gasteiger charge is 2.23. The third kappa shape index (κ3) is 4.17. The molecule has 0 saturated carbocycles. The van der Waals surface area contributed by atoms with E-state index in [-0.39, 0.29) is 11.6 Å². The lowest BCUT2D eigenvalue weighted by atomic mass is 9.89. The van der Waals surface area contributed by atoms with Crippen LogP contribution < -0.4 is 20.2 Å². The summed E-state index contributed by atoms with van der Waals surface area (Å²) in [4.78, 5) is 14.0. The molecule has 3 rings (SSSR count). The molecule has 0 spiro atoms. The number of hydrogen-bond acceptors (Lipinski definition) is 6. The Labute approximate surface area is 160 Å². The number of nitro groups is 1. The molecule has 0 aliphatic rings. The Balaban J connectivity index is 2.03. The summed E-state index contributed by atoms with van der Waals surface area (Å²) >= 11 is 1.42. The fourth-order valence-electron chi connectivity index (χ4n) is 3.00. The van der Waals surface area contributed by atoms with E-state index in [1.54, 1.807) is 26.4 Å². The molecule has 3 aromatic rings. The van der Waals surface area contributed by atoms with Gasteiger partial charge in [-0.25, -0.2) is 4.98 Å². The molecule has 0 fully saturated rings. The number of nitrogens with one attached hydrogen (secondary N) is 1. The fraction of sp³-hybridized carbons (Fsp3) is 0.211. The van der Waals surface area contributed by atoms with E-state index in [0.29, 0.717) is 17.3 Å². The van der Waals surface area contributed by atoms with Crippen LogP contribution in [0.2, 0.25) is 0 Å². The van der Waals surface area contributed by atoms with Crippen LogP contribution in [-0.2, 0) is 6.42 Å². The van der Waals surface area contributed by atoms with Gasteiger partial charge in [0.2, 0.25) is 0 Å². The summed E-state index contributed by atoms with van der Waals surface area (Å²) in [5, 5.41) is 13.8. The summed E-state index contributed by atoms with van der Waals surface area (Å²) in [7, 11) is 3.18. The van der Waals surface area contributed by atoms with E-state index in [0.717, 1.165) is 22.6 Å². The molecule has 8 heteroatoms. The van der Waals surface area contributed by atoms with Crippen molar-refractivity contribution in [2.45, 2.75) is 12.3 Å². The van der Waals surface area contributed by atoms with Gasteiger partial charge in [0.1, 0.15) is 17.2 Å². The first kappa shape index (κ1) is 18.7. The average Bonchev–Trinajstić information content (AvgIpc) is 3.12. The predicted octanol–water partition coefficient (Wildman–Crippen LogP) is 3.44. The Bertz CT molecular complexity index is 940. The van der Waals surface area contributed by atoms with Gasteiger partial charge >= 0.3 is 5.13 Å². The summed E-state index contributed by atoms with van der Waals surface area (Å²) in [5.41, 5.74) is 8.65. The van der Waals surface area contributed by atoms with Crippen molar-refractivity contribution in [3.63, 3.8) is 0 Å². The number of methoxy groups -OCH3 is 2. The van der Waals surface area contributed by atoms with Crippen molar-refractivity contribution in [3.8, 4) is 11.5 Å². The third-order valence-corrected chi connectivity index (χ3v) is 5.10. The molecule has 140 valence electrons. The average molecular weight is 386 g/mol. The van der Waals surface area contributed by atoms with Crippen LogP contribution in [0.1, 0.15) is 22.7 Å². The zero-order valence-corrected chi connectivity index (χ0v) is 15.8. The lowest BCUT2D eigenvalue weighted by molar-refractivity contribution is -0.385. The Hall–Kier alpha value is -3.13. The Morgan fingerprint density at radius 1 is 1.19 bits per heavy atom. The minimum atomic E-state index is -0.403. The smallest absolute Gasteiger partial charge is 0.329 e. The number of aromatic amines is 1. The van der Waals surface area contributed by atoms with Gasteiger partial charge in [0.05, 0.1) is 25.1 Å². The number of H-pyrrole nitrogens is 1. The molecule has 2 aromatic carbocycles. The van der Waals surface area contributed by atoms with E-state index < -0.39 is 4.92 Å². The van der Waals surface area contributed by atoms with E-state index in [1.165, 1.54) is 17.4 Å². The number of rotatable bonds is 7. The number of benzene rings is 2. The number of non-ortho nitro benzene ring substituents is 1. The number of hydrogen-bond donors (Lipinski definition) is 1. The van der Waals surface area contributed by atoms with Crippen LogP contribution in [0.5, 0.6) is 11.5 Å². The molecule has 0 aliphatic heterocycles. The normalized spacial score (nSPS) is 11.8. The topological polar surface area (TPSA) is 102 Å². The van der Waals surface area contributed by atoms with Crippen LogP contribution >= 0.6 is 11.3 Å². The molecule has 0 aliphatic carbocycles. The predicted molar refractivity (Wildman–Crippen MR) is 103 cm³/mol. The van der Waals surface area contributed by atoms with Crippen molar-refractivity contribution >= 4 is 22.2 Å². The van der Waals surface area contributed by atoms with Gasteiger partial charge in [-0.1, -0.05) is 23.5 Å². The lowest BCUT2D eigenvalue weighted by Gasteiger charge is -2.17. The van der Waals surface area contributed by atoms with Gasteiger partial charge < -0.3 is 9.47 Å². The van der Waals surface area contributed by atoms with E-state index in [9.17, 15) is 10.1 Å². The fourth-order valence-corrected chi connectivity index (χ4v) is 3.65. The van der Waals surface area contributed by atoms with E-state index >= 15 is 0 Å². The number of anilines is 1. The molecule has 0 amide bonds. The second-order valence-electron chi connectivity index (χ2n) is 5.96. The molecular weight excluding hydrogens is 366 g/mol. The second kappa shape index (κ2) is 8.05. The van der Waals surface area contributed by atoms with Gasteiger partial charge in [0.25, 0.3) is 5.69 Å². The molecule has 0 saturated heterocycles. The van der Waals surface area contributed by atoms with Crippen molar-refractivity contribution in [2.24, 2.45) is 0 Å². The first-order valence-electron chi connectivity index (χ1n) is 8.23. The van der Waals surface area contributed by atoms with E-state index in [1.807, 2.05) is 29.6 Å². The van der Waals surface area contributed by atoms with Crippen molar-refractivity contribution in [1.82, 2.24) is 0 Å². The first-order valence-corrected chi connectivity index (χ1v) is 9.11. The van der Waals surface area contributed by atoms with Gasteiger partial charge in [0, 0.05) is 23.1 Å². The summed E-state index contributed by atoms with van der Waals surface area (Å²) in [5.74, 6) is 1.31. The molecule has 27 heavy (non-hydrogen) atoms. The van der Waals surface area contributed by atoms with Gasteiger partial charge in [-0.2, -0.15) is 0 Å². The molecule has 0 radical (unpaired) electrons. The maximum Gasteiger partial charge on any atom is 0.329 e. The van der Waals surface area contributed by atoms with Gasteiger partial charge in [0.15, 0.2) is 0 Å². The number of nitrogens with two attached hydrogens (primary N) is 1. The highest BCUT2D eigenvalue weighted by atomic mass is 32.1. The minimum Gasteiger partial charge on any atom is -0.497 e. The Kier molecular flexibility index (Phi) is 5.56. The largest absolute Gasteiger partial charge is 0.497 e. The monoisotopic (exact) mass is 386 g/mol. The van der Waals surface area contributed by atoms with Gasteiger partial charge in [-0.3, -0.25) is 15.8 Å². The molecule has 1 heterocycles. The van der Waals surface area contributed by atoms with Crippen LogP contribution in [0.3, 0.4) is 0 Å². The Morgan fingerprint density at radius 3 is 2.48 bits per heavy atom. The van der Waals surface area contributed by atoms with Crippen molar-refractivity contribution in [2.75, 3.05) is 20.0 Å². The van der Waals surface area contributed by atoms with E-state index in [2.05, 4.69) is 4.98 Å². The van der Waals surface area contributed by atoms with Crippen LogP contribution in [0.25, 0.3) is 0 Å². The number of aromatic nitrogens is 1. The molecule has 1 unspecified atom stereocenters. The highest BCUT2D eigenvalue weighted by Crippen LogP contribution is 2.34. The van der Waals surface area contributed by atoms with Crippen molar-refractivity contribution in [1.29, 1.82) is 0 Å². The zero-order valence-electron chi connectivity index (χ0n) is 15.0. The first-order chi connectivity index (χ1) is 13.0. The molecular formula is C19H20N3O4S+. The van der Waals surface area contributed by atoms with Crippen LogP contribution in [0.4, 0.5) is 10.8 Å². The highest BCUT2D eigenvalue weighted by molar-refractivity contribution is 7.13. The van der Waals surface area contributed by atoms with Crippen LogP contribution in [0, 0.1) is 10.1 Å². The van der Waals surface area contributed by atoms with E-state index in [4.69, 9.17) is 15.2 Å². The third-order valence-electron chi connectivity index (χ3n) is 4.37. The summed E-state index contributed by atoms with van der Waals surface area (Å²) in [6.07, 6.45) is 0.518. The molecule has 1 atom stereocenters. The number of ether oxygens (including phenoxy) is 2. The quantitative estimate of drug-likeness (QED) is 0.495. The van der Waals surface area contributed by atoms with Gasteiger partial charge in [-0.05, 0) is 30.2 Å².